The van der Waals surface area contributed by atoms with Gasteiger partial charge in [0.2, 0.25) is 0 Å². The van der Waals surface area contributed by atoms with Crippen LogP contribution in [0.3, 0.4) is 0 Å². The predicted molar refractivity (Wildman–Crippen MR) is 134 cm³/mol. The molecule has 0 aliphatic heterocycles. The highest BCUT2D eigenvalue weighted by atomic mass is 35.5. The Morgan fingerprint density at radius 3 is 2.30 bits per heavy atom. The van der Waals surface area contributed by atoms with Crippen molar-refractivity contribution in [3.05, 3.63) is 58.1 Å². The predicted octanol–water partition coefficient (Wildman–Crippen LogP) is 4.51. The van der Waals surface area contributed by atoms with Crippen LogP contribution in [-0.2, 0) is 9.59 Å². The van der Waals surface area contributed by atoms with Crippen molar-refractivity contribution in [2.24, 2.45) is 11.0 Å². The second-order valence-electron chi connectivity index (χ2n) is 8.25. The Morgan fingerprint density at radius 2 is 1.73 bits per heavy atom. The first-order valence-corrected chi connectivity index (χ1v) is 11.3. The van der Waals surface area contributed by atoms with Crippen LogP contribution in [0.5, 0.6) is 5.75 Å². The largest absolute Gasteiger partial charge is 0.479 e. The molecule has 7 nitrogen and oxygen atoms in total. The zero-order valence-electron chi connectivity index (χ0n) is 19.4. The molecule has 0 aromatic heterocycles. The van der Waals surface area contributed by atoms with Gasteiger partial charge in [-0.2, -0.15) is 5.10 Å². The van der Waals surface area contributed by atoms with Gasteiger partial charge in [-0.15, -0.1) is 0 Å². The summed E-state index contributed by atoms with van der Waals surface area (Å²) in [5.41, 5.74) is 4.41. The lowest BCUT2D eigenvalue weighted by Crippen LogP contribution is -2.49. The van der Waals surface area contributed by atoms with Gasteiger partial charge in [-0.1, -0.05) is 49.2 Å². The molecule has 0 aliphatic carbocycles. The van der Waals surface area contributed by atoms with Crippen LogP contribution in [0.25, 0.3) is 0 Å². The van der Waals surface area contributed by atoms with E-state index in [0.717, 1.165) is 11.3 Å². The number of nitrogens with zero attached hydrogens (tertiary/aromatic N) is 2. The van der Waals surface area contributed by atoms with E-state index < -0.39 is 24.0 Å². The molecular formula is C24H30Cl2N4O3. The van der Waals surface area contributed by atoms with Gasteiger partial charge >= 0.3 is 0 Å². The molecule has 0 aliphatic rings. The van der Waals surface area contributed by atoms with Gasteiger partial charge in [-0.05, 0) is 55.2 Å². The van der Waals surface area contributed by atoms with Crippen LogP contribution in [0, 0.1) is 5.92 Å². The summed E-state index contributed by atoms with van der Waals surface area (Å²) in [4.78, 5) is 27.4. The average Bonchev–Trinajstić information content (AvgIpc) is 2.75. The molecule has 0 heterocycles. The maximum absolute atomic E-state index is 12.7. The molecule has 0 spiro atoms. The Balaban J connectivity index is 1.98. The minimum atomic E-state index is -0.871. The van der Waals surface area contributed by atoms with Gasteiger partial charge in [0.05, 0.1) is 11.2 Å². The second kappa shape index (κ2) is 12.5. The summed E-state index contributed by atoms with van der Waals surface area (Å²) in [6.07, 6.45) is 1.13. The van der Waals surface area contributed by atoms with Gasteiger partial charge in [0, 0.05) is 24.8 Å². The normalized spacial score (nSPS) is 13.0. The molecule has 0 saturated carbocycles. The van der Waals surface area contributed by atoms with E-state index in [1.807, 2.05) is 57.1 Å². The highest BCUT2D eigenvalue weighted by Gasteiger charge is 2.25. The molecule has 2 amide bonds. The van der Waals surface area contributed by atoms with Crippen molar-refractivity contribution < 1.29 is 14.3 Å². The zero-order chi connectivity index (χ0) is 24.5. The Morgan fingerprint density at radius 1 is 1.06 bits per heavy atom. The average molecular weight is 493 g/mol. The number of ether oxygens (including phenoxy) is 1. The topological polar surface area (TPSA) is 83.0 Å². The number of hydrazone groups is 1. The van der Waals surface area contributed by atoms with Gasteiger partial charge < -0.3 is 15.0 Å². The Labute approximate surface area is 205 Å². The van der Waals surface area contributed by atoms with Gasteiger partial charge in [-0.25, -0.2) is 5.43 Å². The summed E-state index contributed by atoms with van der Waals surface area (Å²) >= 11 is 12.0. The Hall–Kier alpha value is -2.77. The van der Waals surface area contributed by atoms with E-state index in [1.54, 1.807) is 25.3 Å². The van der Waals surface area contributed by atoms with Crippen LogP contribution in [0.2, 0.25) is 10.0 Å². The molecule has 2 aromatic rings. The van der Waals surface area contributed by atoms with Crippen LogP contribution in [0.4, 0.5) is 5.69 Å². The lowest BCUT2D eigenvalue weighted by Gasteiger charge is -2.22. The summed E-state index contributed by atoms with van der Waals surface area (Å²) in [5.74, 6) is -0.344. The van der Waals surface area contributed by atoms with Crippen LogP contribution >= 0.6 is 23.2 Å². The quantitative estimate of drug-likeness (QED) is 0.377. The lowest BCUT2D eigenvalue weighted by atomic mass is 10.0. The first-order chi connectivity index (χ1) is 15.6. The summed E-state index contributed by atoms with van der Waals surface area (Å²) in [6, 6.07) is 11.7. The smallest absolute Gasteiger partial charge is 0.262 e. The number of rotatable bonds is 10. The molecule has 0 unspecified atom stereocenters. The number of halogens is 2. The highest BCUT2D eigenvalue weighted by molar-refractivity contribution is 6.35. The third-order valence-electron chi connectivity index (χ3n) is 4.70. The molecule has 0 fully saturated rings. The van der Waals surface area contributed by atoms with Crippen LogP contribution in [-0.4, -0.2) is 44.3 Å². The Kier molecular flexibility index (Phi) is 10.0. The molecule has 0 bridgehead atoms. The van der Waals surface area contributed by atoms with Crippen molar-refractivity contribution >= 4 is 46.9 Å². The van der Waals surface area contributed by atoms with Crippen molar-refractivity contribution in [3.8, 4) is 5.75 Å². The second-order valence-corrected chi connectivity index (χ2v) is 9.09. The number of nitrogens with one attached hydrogen (secondary N) is 2. The van der Waals surface area contributed by atoms with Crippen LogP contribution < -0.4 is 20.4 Å². The van der Waals surface area contributed by atoms with Crippen molar-refractivity contribution in [1.29, 1.82) is 0 Å². The molecule has 2 aromatic carbocycles. The fraction of sp³-hybridized carbons (Fsp3) is 0.375. The SMILES string of the molecule is CC(C)C[C@@H](NC(=O)[C@H](C)Oc1ccc(Cl)cc1Cl)C(=O)N/N=C\c1ccc(N(C)C)cc1. The lowest BCUT2D eigenvalue weighted by molar-refractivity contribution is -0.132. The van der Waals surface area contributed by atoms with E-state index in [0.29, 0.717) is 22.2 Å². The number of benzene rings is 2. The summed E-state index contributed by atoms with van der Waals surface area (Å²) in [6.45, 7) is 5.52. The summed E-state index contributed by atoms with van der Waals surface area (Å²) in [7, 11) is 3.92. The van der Waals surface area contributed by atoms with Gasteiger partial charge in [0.25, 0.3) is 11.8 Å². The summed E-state index contributed by atoms with van der Waals surface area (Å²) < 4.78 is 5.65. The van der Waals surface area contributed by atoms with E-state index in [-0.39, 0.29) is 5.92 Å². The van der Waals surface area contributed by atoms with E-state index in [9.17, 15) is 9.59 Å². The van der Waals surface area contributed by atoms with Crippen molar-refractivity contribution in [2.75, 3.05) is 19.0 Å². The molecule has 2 rings (SSSR count). The zero-order valence-corrected chi connectivity index (χ0v) is 20.9. The molecule has 0 saturated heterocycles. The molecule has 0 radical (unpaired) electrons. The van der Waals surface area contributed by atoms with E-state index in [4.69, 9.17) is 27.9 Å². The molecule has 2 N–H and O–H groups in total. The molecular weight excluding hydrogens is 463 g/mol. The standard InChI is InChI=1S/C24H30Cl2N4O3/c1-15(2)12-21(24(32)29-27-14-17-6-9-19(10-7-17)30(4)5)28-23(31)16(3)33-22-11-8-18(25)13-20(22)26/h6-11,13-16,21H,12H2,1-5H3,(H,28,31)(H,29,32)/b27-14-/t16-,21+/m0/s1. The maximum Gasteiger partial charge on any atom is 0.262 e. The first-order valence-electron chi connectivity index (χ1n) is 10.6. The molecule has 2 atom stereocenters. The minimum Gasteiger partial charge on any atom is -0.479 e. The number of amides is 2. The van der Waals surface area contributed by atoms with E-state index >= 15 is 0 Å². The number of carbonyl (C=O) groups excluding carboxylic acids is 2. The van der Waals surface area contributed by atoms with Gasteiger partial charge in [0.15, 0.2) is 6.10 Å². The number of carbonyl (C=O) groups is 2. The van der Waals surface area contributed by atoms with Gasteiger partial charge in [-0.3, -0.25) is 9.59 Å². The van der Waals surface area contributed by atoms with E-state index in [1.165, 1.54) is 6.07 Å². The third-order valence-corrected chi connectivity index (χ3v) is 5.24. The number of anilines is 1. The molecule has 33 heavy (non-hydrogen) atoms. The van der Waals surface area contributed by atoms with Crippen LogP contribution in [0.15, 0.2) is 47.6 Å². The van der Waals surface area contributed by atoms with Gasteiger partial charge in [0.1, 0.15) is 11.8 Å². The number of hydrogen-bond donors (Lipinski definition) is 2. The van der Waals surface area contributed by atoms with E-state index in [2.05, 4.69) is 15.8 Å². The third kappa shape index (κ3) is 8.59. The molecule has 178 valence electrons. The molecule has 9 heteroatoms. The fourth-order valence-electron chi connectivity index (χ4n) is 2.91. The number of hydrogen-bond acceptors (Lipinski definition) is 5. The fourth-order valence-corrected chi connectivity index (χ4v) is 3.37. The highest BCUT2D eigenvalue weighted by Crippen LogP contribution is 2.28. The monoisotopic (exact) mass is 492 g/mol. The first kappa shape index (κ1) is 26.5. The van der Waals surface area contributed by atoms with Crippen molar-refractivity contribution in [3.63, 3.8) is 0 Å². The van der Waals surface area contributed by atoms with Crippen molar-refractivity contribution in [2.45, 2.75) is 39.3 Å². The minimum absolute atomic E-state index is 0.172. The van der Waals surface area contributed by atoms with Crippen LogP contribution in [0.1, 0.15) is 32.8 Å². The van der Waals surface area contributed by atoms with Crippen molar-refractivity contribution in [1.82, 2.24) is 10.7 Å². The maximum atomic E-state index is 12.7. The summed E-state index contributed by atoms with van der Waals surface area (Å²) in [5, 5.41) is 7.54. The Bertz CT molecular complexity index is 978.